The van der Waals surface area contributed by atoms with E-state index >= 15 is 0 Å². The molecular weight excluding hydrogens is 308 g/mol. The van der Waals surface area contributed by atoms with Crippen LogP contribution in [0.15, 0.2) is 47.2 Å². The maximum atomic E-state index is 5.58. The zero-order chi connectivity index (χ0) is 15.2. The summed E-state index contributed by atoms with van der Waals surface area (Å²) in [7, 11) is 0. The smallest absolute Gasteiger partial charge is 0.0586 e. The summed E-state index contributed by atoms with van der Waals surface area (Å²) in [6.07, 6.45) is 4.84. The first-order chi connectivity index (χ1) is 10.9. The molecule has 0 aliphatic carbocycles. The Bertz CT molecular complexity index is 614. The third kappa shape index (κ3) is 3.51. The highest BCUT2D eigenvalue weighted by Crippen LogP contribution is 2.33. The minimum Gasteiger partial charge on any atom is -0.339 e. The Kier molecular flexibility index (Phi) is 5.48. The maximum absolute atomic E-state index is 5.58. The highest BCUT2D eigenvalue weighted by atomic mass is 32.1. The number of unbranched alkanes of at least 4 members (excludes halogenated alkanes) is 3. The van der Waals surface area contributed by atoms with Crippen LogP contribution in [0.25, 0.3) is 21.1 Å². The van der Waals surface area contributed by atoms with Crippen LogP contribution in [0, 0.1) is 0 Å². The van der Waals surface area contributed by atoms with Crippen molar-refractivity contribution < 1.29 is 0 Å². The van der Waals surface area contributed by atoms with Crippen LogP contribution in [0.1, 0.15) is 25.7 Å². The largest absolute Gasteiger partial charge is 0.339 e. The van der Waals surface area contributed by atoms with E-state index in [1.165, 1.54) is 40.4 Å². The van der Waals surface area contributed by atoms with Gasteiger partial charge in [-0.1, -0.05) is 25.0 Å². The molecule has 0 fully saturated rings. The van der Waals surface area contributed by atoms with Gasteiger partial charge in [-0.3, -0.25) is 0 Å². The number of nitrogens with zero attached hydrogens (tertiary/aromatic N) is 1. The first kappa shape index (κ1) is 15.5. The Morgan fingerprint density at radius 1 is 0.773 bits per heavy atom. The van der Waals surface area contributed by atoms with E-state index in [2.05, 4.69) is 51.7 Å². The molecule has 0 atom stereocenters. The molecule has 0 aromatic carbocycles. The van der Waals surface area contributed by atoms with E-state index in [0.717, 1.165) is 19.5 Å². The molecule has 0 saturated carbocycles. The van der Waals surface area contributed by atoms with Crippen LogP contribution in [0.2, 0.25) is 0 Å². The molecule has 116 valence electrons. The molecule has 2 nitrogen and oxygen atoms in total. The number of hydrogen-bond donors (Lipinski definition) is 1. The highest BCUT2D eigenvalue weighted by molar-refractivity contribution is 7.14. The van der Waals surface area contributed by atoms with E-state index < -0.39 is 0 Å². The molecule has 0 bridgehead atoms. The monoisotopic (exact) mass is 330 g/mol. The fourth-order valence-corrected chi connectivity index (χ4v) is 4.27. The van der Waals surface area contributed by atoms with Crippen molar-refractivity contribution in [3.63, 3.8) is 0 Å². The summed E-state index contributed by atoms with van der Waals surface area (Å²) in [5, 5.41) is 4.30. The molecule has 22 heavy (non-hydrogen) atoms. The van der Waals surface area contributed by atoms with Gasteiger partial charge in [-0.2, -0.15) is 0 Å². The predicted octanol–water partition coefficient (Wildman–Crippen LogP) is 5.46. The molecule has 0 aliphatic rings. The zero-order valence-electron chi connectivity index (χ0n) is 12.7. The quantitative estimate of drug-likeness (QED) is 0.546. The number of rotatable bonds is 8. The summed E-state index contributed by atoms with van der Waals surface area (Å²) in [5.41, 5.74) is 8.27. The molecule has 3 aromatic rings. The molecule has 0 unspecified atom stereocenters. The van der Waals surface area contributed by atoms with Gasteiger partial charge >= 0.3 is 0 Å². The van der Waals surface area contributed by atoms with Gasteiger partial charge in [0.15, 0.2) is 0 Å². The Morgan fingerprint density at radius 3 is 1.86 bits per heavy atom. The predicted molar refractivity (Wildman–Crippen MR) is 98.6 cm³/mol. The second-order valence-corrected chi connectivity index (χ2v) is 7.31. The van der Waals surface area contributed by atoms with Gasteiger partial charge in [-0.25, -0.2) is 0 Å². The van der Waals surface area contributed by atoms with Gasteiger partial charge in [0, 0.05) is 6.54 Å². The Morgan fingerprint density at radius 2 is 1.36 bits per heavy atom. The van der Waals surface area contributed by atoms with Gasteiger partial charge in [0.2, 0.25) is 0 Å². The van der Waals surface area contributed by atoms with Gasteiger partial charge < -0.3 is 10.3 Å². The van der Waals surface area contributed by atoms with Crippen LogP contribution in [-0.2, 0) is 6.54 Å². The summed E-state index contributed by atoms with van der Waals surface area (Å²) in [6, 6.07) is 13.2. The molecule has 3 rings (SSSR count). The molecule has 0 radical (unpaired) electrons. The van der Waals surface area contributed by atoms with Crippen LogP contribution in [-0.4, -0.2) is 11.1 Å². The van der Waals surface area contributed by atoms with Gasteiger partial charge in [0.05, 0.1) is 21.1 Å². The average molecular weight is 331 g/mol. The second-order valence-electron chi connectivity index (χ2n) is 5.41. The maximum Gasteiger partial charge on any atom is 0.0586 e. The lowest BCUT2D eigenvalue weighted by atomic mass is 10.2. The Balaban J connectivity index is 1.82. The second kappa shape index (κ2) is 7.77. The first-order valence-corrected chi connectivity index (χ1v) is 9.63. The highest BCUT2D eigenvalue weighted by Gasteiger charge is 2.12. The van der Waals surface area contributed by atoms with E-state index in [1.54, 1.807) is 0 Å². The normalized spacial score (nSPS) is 11.1. The SMILES string of the molecule is NCCCCCCn1c(-c2cccs2)ccc1-c1cccs1. The van der Waals surface area contributed by atoms with Crippen LogP contribution in [0.5, 0.6) is 0 Å². The van der Waals surface area contributed by atoms with Gasteiger partial charge in [0.1, 0.15) is 0 Å². The summed E-state index contributed by atoms with van der Waals surface area (Å²) in [4.78, 5) is 2.70. The third-order valence-corrected chi connectivity index (χ3v) is 5.65. The van der Waals surface area contributed by atoms with E-state index in [9.17, 15) is 0 Å². The molecule has 0 aliphatic heterocycles. The number of thiophene rings is 2. The van der Waals surface area contributed by atoms with Crippen LogP contribution in [0.3, 0.4) is 0 Å². The number of aromatic nitrogens is 1. The fraction of sp³-hybridized carbons (Fsp3) is 0.333. The van der Waals surface area contributed by atoms with E-state index in [4.69, 9.17) is 5.73 Å². The molecule has 4 heteroatoms. The molecule has 0 saturated heterocycles. The summed E-state index contributed by atoms with van der Waals surface area (Å²) >= 11 is 3.63. The zero-order valence-corrected chi connectivity index (χ0v) is 14.3. The van der Waals surface area contributed by atoms with Crippen molar-refractivity contribution in [1.29, 1.82) is 0 Å². The summed E-state index contributed by atoms with van der Waals surface area (Å²) < 4.78 is 2.49. The van der Waals surface area contributed by atoms with Crippen LogP contribution >= 0.6 is 22.7 Å². The van der Waals surface area contributed by atoms with Crippen molar-refractivity contribution >= 4 is 22.7 Å². The lowest BCUT2D eigenvalue weighted by molar-refractivity contribution is 0.582. The van der Waals surface area contributed by atoms with Crippen LogP contribution < -0.4 is 5.73 Å². The summed E-state index contributed by atoms with van der Waals surface area (Å²) in [6.45, 7) is 1.89. The molecule has 0 amide bonds. The molecule has 3 heterocycles. The van der Waals surface area contributed by atoms with Gasteiger partial charge in [-0.15, -0.1) is 22.7 Å². The average Bonchev–Trinajstić information content (AvgIpc) is 3.27. The number of nitrogens with two attached hydrogens (primary N) is 1. The molecular formula is C18H22N2S2. The minimum atomic E-state index is 0.810. The fourth-order valence-electron chi connectivity index (χ4n) is 2.76. The van der Waals surface area contributed by atoms with Crippen molar-refractivity contribution in [2.75, 3.05) is 6.54 Å². The van der Waals surface area contributed by atoms with Crippen molar-refractivity contribution in [3.05, 3.63) is 47.2 Å². The van der Waals surface area contributed by atoms with Gasteiger partial charge in [0.25, 0.3) is 0 Å². The van der Waals surface area contributed by atoms with Crippen LogP contribution in [0.4, 0.5) is 0 Å². The Hall–Kier alpha value is -1.36. The van der Waals surface area contributed by atoms with E-state index in [1.807, 2.05) is 22.7 Å². The molecule has 2 N–H and O–H groups in total. The topological polar surface area (TPSA) is 30.9 Å². The lowest BCUT2D eigenvalue weighted by Crippen LogP contribution is -2.02. The van der Waals surface area contributed by atoms with Crippen molar-refractivity contribution in [2.24, 2.45) is 5.73 Å². The Labute approximate surface area is 140 Å². The van der Waals surface area contributed by atoms with Gasteiger partial charge in [-0.05, 0) is 54.4 Å². The van der Waals surface area contributed by atoms with Crippen molar-refractivity contribution in [3.8, 4) is 21.1 Å². The standard InChI is InChI=1S/C18H22N2S2/c19-11-3-1-2-4-12-20-15(17-7-5-13-21-17)9-10-16(20)18-8-6-14-22-18/h5-10,13-14H,1-4,11-12,19H2. The molecule has 3 aromatic heterocycles. The summed E-state index contributed by atoms with van der Waals surface area (Å²) in [5.74, 6) is 0. The van der Waals surface area contributed by atoms with E-state index in [-0.39, 0.29) is 0 Å². The number of hydrogen-bond acceptors (Lipinski definition) is 3. The first-order valence-electron chi connectivity index (χ1n) is 7.87. The van der Waals surface area contributed by atoms with E-state index in [0.29, 0.717) is 0 Å². The molecule has 0 spiro atoms. The minimum absolute atomic E-state index is 0.810. The third-order valence-electron chi connectivity index (χ3n) is 3.86. The van der Waals surface area contributed by atoms with Crippen molar-refractivity contribution in [1.82, 2.24) is 4.57 Å². The lowest BCUT2D eigenvalue weighted by Gasteiger charge is -2.12. The van der Waals surface area contributed by atoms with Crippen molar-refractivity contribution in [2.45, 2.75) is 32.2 Å².